The third kappa shape index (κ3) is 3.77. The van der Waals surface area contributed by atoms with Crippen molar-refractivity contribution in [1.82, 2.24) is 20.2 Å². The van der Waals surface area contributed by atoms with Crippen molar-refractivity contribution < 1.29 is 8.42 Å². The Morgan fingerprint density at radius 2 is 2.11 bits per heavy atom. The molecule has 1 heterocycles. The SMILES string of the molecule is Cc1[nH]nc(S(=O)(=O)NCC(C)C)c1CNC1CC1. The van der Waals surface area contributed by atoms with Crippen molar-refractivity contribution in [3.05, 3.63) is 11.3 Å². The number of aryl methyl sites for hydroxylation is 1. The second-order valence-electron chi connectivity index (χ2n) is 5.53. The van der Waals surface area contributed by atoms with Crippen molar-refractivity contribution in [3.63, 3.8) is 0 Å². The number of aromatic nitrogens is 2. The molecule has 19 heavy (non-hydrogen) atoms. The number of hydrogen-bond donors (Lipinski definition) is 3. The van der Waals surface area contributed by atoms with Gasteiger partial charge in [-0.3, -0.25) is 5.10 Å². The first-order valence-corrected chi connectivity index (χ1v) is 8.15. The monoisotopic (exact) mass is 286 g/mol. The lowest BCUT2D eigenvalue weighted by atomic mass is 10.2. The molecule has 0 aliphatic heterocycles. The number of aromatic amines is 1. The van der Waals surface area contributed by atoms with E-state index in [0.717, 1.165) is 11.3 Å². The van der Waals surface area contributed by atoms with Crippen LogP contribution in [0.1, 0.15) is 37.9 Å². The summed E-state index contributed by atoms with van der Waals surface area (Å²) in [7, 11) is -3.53. The van der Waals surface area contributed by atoms with Crippen LogP contribution in [0.4, 0.5) is 0 Å². The minimum atomic E-state index is -3.53. The molecular formula is C12H22N4O2S. The highest BCUT2D eigenvalue weighted by atomic mass is 32.2. The maximum absolute atomic E-state index is 12.2. The summed E-state index contributed by atoms with van der Waals surface area (Å²) in [5, 5.41) is 10.2. The van der Waals surface area contributed by atoms with Gasteiger partial charge in [-0.2, -0.15) is 5.10 Å². The second-order valence-corrected chi connectivity index (χ2v) is 7.22. The van der Waals surface area contributed by atoms with Crippen LogP contribution < -0.4 is 10.0 Å². The summed E-state index contributed by atoms with van der Waals surface area (Å²) in [6, 6.07) is 0.536. The van der Waals surface area contributed by atoms with E-state index in [1.807, 2.05) is 20.8 Å². The fraction of sp³-hybridized carbons (Fsp3) is 0.750. The minimum absolute atomic E-state index is 0.124. The first-order chi connectivity index (χ1) is 8.90. The average molecular weight is 286 g/mol. The molecule has 1 saturated carbocycles. The smallest absolute Gasteiger partial charge is 0.260 e. The lowest BCUT2D eigenvalue weighted by Crippen LogP contribution is -2.29. The maximum Gasteiger partial charge on any atom is 0.260 e. The topological polar surface area (TPSA) is 86.9 Å². The fourth-order valence-electron chi connectivity index (χ4n) is 1.74. The second kappa shape index (κ2) is 5.60. The molecule has 0 amide bonds. The zero-order chi connectivity index (χ0) is 14.0. The van der Waals surface area contributed by atoms with Crippen LogP contribution in [-0.2, 0) is 16.6 Å². The van der Waals surface area contributed by atoms with Gasteiger partial charge in [0.05, 0.1) is 0 Å². The zero-order valence-electron chi connectivity index (χ0n) is 11.7. The van der Waals surface area contributed by atoms with Crippen LogP contribution in [0.5, 0.6) is 0 Å². The highest BCUT2D eigenvalue weighted by molar-refractivity contribution is 7.89. The Morgan fingerprint density at radius 1 is 1.42 bits per heavy atom. The van der Waals surface area contributed by atoms with Crippen LogP contribution in [0.3, 0.4) is 0 Å². The first-order valence-electron chi connectivity index (χ1n) is 6.67. The minimum Gasteiger partial charge on any atom is -0.310 e. The first kappa shape index (κ1) is 14.5. The third-order valence-electron chi connectivity index (χ3n) is 3.12. The number of H-pyrrole nitrogens is 1. The van der Waals surface area contributed by atoms with Gasteiger partial charge in [-0.1, -0.05) is 13.8 Å². The molecular weight excluding hydrogens is 264 g/mol. The van der Waals surface area contributed by atoms with Gasteiger partial charge in [0.2, 0.25) is 0 Å². The molecule has 0 saturated heterocycles. The van der Waals surface area contributed by atoms with E-state index in [2.05, 4.69) is 20.2 Å². The van der Waals surface area contributed by atoms with E-state index in [0.29, 0.717) is 19.1 Å². The molecule has 1 fully saturated rings. The van der Waals surface area contributed by atoms with Crippen molar-refractivity contribution >= 4 is 10.0 Å². The quantitative estimate of drug-likeness (QED) is 0.695. The van der Waals surface area contributed by atoms with Crippen molar-refractivity contribution in [3.8, 4) is 0 Å². The van der Waals surface area contributed by atoms with Crippen molar-refractivity contribution in [2.75, 3.05) is 6.54 Å². The van der Waals surface area contributed by atoms with Gasteiger partial charge in [-0.25, -0.2) is 13.1 Å². The van der Waals surface area contributed by atoms with E-state index in [9.17, 15) is 8.42 Å². The van der Waals surface area contributed by atoms with Gasteiger partial charge in [0.15, 0.2) is 5.03 Å². The fourth-order valence-corrected chi connectivity index (χ4v) is 3.14. The Labute approximate surface area is 114 Å². The zero-order valence-corrected chi connectivity index (χ0v) is 12.5. The van der Waals surface area contributed by atoms with E-state index < -0.39 is 10.0 Å². The van der Waals surface area contributed by atoms with Gasteiger partial charge < -0.3 is 5.32 Å². The van der Waals surface area contributed by atoms with E-state index in [1.165, 1.54) is 12.8 Å². The third-order valence-corrected chi connectivity index (χ3v) is 4.51. The predicted molar refractivity (Wildman–Crippen MR) is 73.2 cm³/mol. The molecule has 7 heteroatoms. The van der Waals surface area contributed by atoms with Crippen LogP contribution in [0.25, 0.3) is 0 Å². The Bertz CT molecular complexity index is 532. The molecule has 1 aromatic rings. The summed E-state index contributed by atoms with van der Waals surface area (Å²) in [6.45, 7) is 6.74. The van der Waals surface area contributed by atoms with Crippen molar-refractivity contribution in [1.29, 1.82) is 0 Å². The lowest BCUT2D eigenvalue weighted by molar-refractivity contribution is 0.554. The summed E-state index contributed by atoms with van der Waals surface area (Å²) in [6.07, 6.45) is 2.34. The van der Waals surface area contributed by atoms with Gasteiger partial charge in [0.25, 0.3) is 10.0 Å². The summed E-state index contributed by atoms with van der Waals surface area (Å²) < 4.78 is 27.0. The highest BCUT2D eigenvalue weighted by Gasteiger charge is 2.26. The van der Waals surface area contributed by atoms with Crippen LogP contribution in [0.15, 0.2) is 5.03 Å². The molecule has 0 bridgehead atoms. The molecule has 108 valence electrons. The molecule has 0 aromatic carbocycles. The Morgan fingerprint density at radius 3 is 2.68 bits per heavy atom. The summed E-state index contributed by atoms with van der Waals surface area (Å²) >= 11 is 0. The Hall–Kier alpha value is -0.920. The van der Waals surface area contributed by atoms with E-state index in [1.54, 1.807) is 0 Å². The number of nitrogens with one attached hydrogen (secondary N) is 3. The lowest BCUT2D eigenvalue weighted by Gasteiger charge is -2.09. The summed E-state index contributed by atoms with van der Waals surface area (Å²) in [4.78, 5) is 0. The van der Waals surface area contributed by atoms with Crippen molar-refractivity contribution in [2.45, 2.75) is 51.2 Å². The molecule has 0 radical (unpaired) electrons. The van der Waals surface area contributed by atoms with Crippen molar-refractivity contribution in [2.24, 2.45) is 5.92 Å². The number of hydrogen-bond acceptors (Lipinski definition) is 4. The summed E-state index contributed by atoms with van der Waals surface area (Å²) in [5.74, 6) is 0.267. The van der Waals surface area contributed by atoms with Crippen LogP contribution in [0, 0.1) is 12.8 Å². The number of sulfonamides is 1. The maximum atomic E-state index is 12.2. The normalized spacial score (nSPS) is 16.2. The van der Waals surface area contributed by atoms with Gasteiger partial charge >= 0.3 is 0 Å². The molecule has 2 rings (SSSR count). The van der Waals surface area contributed by atoms with E-state index >= 15 is 0 Å². The molecule has 1 aliphatic rings. The molecule has 1 aromatic heterocycles. The highest BCUT2D eigenvalue weighted by Crippen LogP contribution is 2.21. The van der Waals surface area contributed by atoms with Gasteiger partial charge in [0.1, 0.15) is 0 Å². The standard InChI is InChI=1S/C12H22N4O2S/c1-8(2)6-14-19(17,18)12-11(9(3)15-16-12)7-13-10-4-5-10/h8,10,13-14H,4-7H2,1-3H3,(H,15,16). The Balaban J connectivity index is 2.13. The van der Waals surface area contributed by atoms with E-state index in [4.69, 9.17) is 0 Å². The van der Waals surface area contributed by atoms with Crippen LogP contribution in [-0.4, -0.2) is 31.2 Å². The van der Waals surface area contributed by atoms with Gasteiger partial charge in [-0.15, -0.1) is 0 Å². The van der Waals surface area contributed by atoms with Gasteiger partial charge in [-0.05, 0) is 25.7 Å². The molecule has 0 spiro atoms. The molecule has 1 aliphatic carbocycles. The Kier molecular flexibility index (Phi) is 4.27. The number of rotatable bonds is 7. The van der Waals surface area contributed by atoms with Gasteiger partial charge in [0, 0.05) is 30.4 Å². The molecule has 0 unspecified atom stereocenters. The van der Waals surface area contributed by atoms with Crippen LogP contribution >= 0.6 is 0 Å². The predicted octanol–water partition coefficient (Wildman–Crippen LogP) is 0.904. The average Bonchev–Trinajstić information content (AvgIpc) is 3.08. The number of nitrogens with zero attached hydrogens (tertiary/aromatic N) is 1. The summed E-state index contributed by atoms with van der Waals surface area (Å²) in [5.41, 5.74) is 1.54. The van der Waals surface area contributed by atoms with E-state index in [-0.39, 0.29) is 10.9 Å². The van der Waals surface area contributed by atoms with Crippen LogP contribution in [0.2, 0.25) is 0 Å². The largest absolute Gasteiger partial charge is 0.310 e. The molecule has 0 atom stereocenters. The molecule has 3 N–H and O–H groups in total. The molecule has 6 nitrogen and oxygen atoms in total.